The lowest BCUT2D eigenvalue weighted by Crippen LogP contribution is -2.47. The van der Waals surface area contributed by atoms with Crippen molar-refractivity contribution >= 4 is 27.0 Å². The van der Waals surface area contributed by atoms with Crippen LogP contribution in [0.3, 0.4) is 0 Å². The van der Waals surface area contributed by atoms with E-state index in [2.05, 4.69) is 15.3 Å². The summed E-state index contributed by atoms with van der Waals surface area (Å²) in [4.78, 5) is 21.0. The van der Waals surface area contributed by atoms with Gasteiger partial charge in [0, 0.05) is 24.7 Å². The number of nitrogens with zero attached hydrogens (tertiary/aromatic N) is 2. The van der Waals surface area contributed by atoms with Crippen LogP contribution in [0.5, 0.6) is 0 Å². The summed E-state index contributed by atoms with van der Waals surface area (Å²) in [5, 5.41) is 3.21. The van der Waals surface area contributed by atoms with Crippen LogP contribution in [-0.2, 0) is 14.8 Å². The van der Waals surface area contributed by atoms with E-state index in [-0.39, 0.29) is 29.3 Å². The smallest absolute Gasteiger partial charge is 0.243 e. The van der Waals surface area contributed by atoms with E-state index in [1.165, 1.54) is 17.1 Å². The van der Waals surface area contributed by atoms with Crippen molar-refractivity contribution in [1.82, 2.24) is 19.6 Å². The number of imidazole rings is 1. The zero-order valence-corrected chi connectivity index (χ0v) is 20.2. The highest BCUT2D eigenvalue weighted by atomic mass is 32.2. The van der Waals surface area contributed by atoms with Gasteiger partial charge in [-0.2, -0.15) is 4.31 Å². The summed E-state index contributed by atoms with van der Waals surface area (Å²) in [7, 11) is -3.71. The Morgan fingerprint density at radius 3 is 2.50 bits per heavy atom. The van der Waals surface area contributed by atoms with E-state index in [9.17, 15) is 13.2 Å². The molecule has 2 fully saturated rings. The standard InChI is InChI=1S/C26H32N4O3S/c31-26(27-21-12-6-1-2-7-13-21)20-11-8-16-30(18-20)34(32,33)22-14-15-23-24(17-22)29-25(28-23)19-9-4-3-5-10-19/h3-5,9-10,14-15,17,20-21H,1-2,6-8,11-13,16,18H2,(H,27,31)(H,28,29)/t20-/m1/s1. The molecule has 2 aliphatic rings. The number of H-pyrrole nitrogens is 1. The van der Waals surface area contributed by atoms with Crippen molar-refractivity contribution in [2.75, 3.05) is 13.1 Å². The zero-order chi connectivity index (χ0) is 23.5. The van der Waals surface area contributed by atoms with Crippen molar-refractivity contribution in [2.45, 2.75) is 62.3 Å². The predicted octanol–water partition coefficient (Wildman–Crippen LogP) is 4.47. The maximum atomic E-state index is 13.5. The van der Waals surface area contributed by atoms with Gasteiger partial charge in [-0.05, 0) is 43.9 Å². The Hall–Kier alpha value is -2.71. The number of aromatic nitrogens is 2. The number of amides is 1. The van der Waals surface area contributed by atoms with Crippen molar-refractivity contribution in [2.24, 2.45) is 5.92 Å². The molecule has 1 aromatic heterocycles. The number of sulfonamides is 1. The van der Waals surface area contributed by atoms with Crippen LogP contribution in [0.2, 0.25) is 0 Å². The molecule has 1 saturated carbocycles. The summed E-state index contributed by atoms with van der Waals surface area (Å²) in [6.07, 6.45) is 8.23. The van der Waals surface area contributed by atoms with Crippen LogP contribution in [-0.4, -0.2) is 47.7 Å². The first-order chi connectivity index (χ1) is 16.5. The molecule has 0 bridgehead atoms. The number of carbonyl (C=O) groups is 1. The predicted molar refractivity (Wildman–Crippen MR) is 133 cm³/mol. The van der Waals surface area contributed by atoms with E-state index in [0.717, 1.165) is 43.2 Å². The van der Waals surface area contributed by atoms with Crippen LogP contribution in [0.25, 0.3) is 22.4 Å². The molecular formula is C26H32N4O3S. The molecule has 34 heavy (non-hydrogen) atoms. The number of piperidine rings is 1. The molecule has 0 radical (unpaired) electrons. The molecule has 3 aromatic rings. The van der Waals surface area contributed by atoms with Crippen LogP contribution < -0.4 is 5.32 Å². The summed E-state index contributed by atoms with van der Waals surface area (Å²) in [6, 6.07) is 15.0. The lowest BCUT2D eigenvalue weighted by atomic mass is 9.97. The second kappa shape index (κ2) is 9.88. The fraction of sp³-hybridized carbons (Fsp3) is 0.462. The van der Waals surface area contributed by atoms with Crippen molar-refractivity contribution in [3.05, 3.63) is 48.5 Å². The van der Waals surface area contributed by atoms with Gasteiger partial charge < -0.3 is 10.3 Å². The van der Waals surface area contributed by atoms with Gasteiger partial charge in [0.25, 0.3) is 0 Å². The second-order valence-corrected chi connectivity index (χ2v) is 11.5. The number of aromatic amines is 1. The Morgan fingerprint density at radius 1 is 0.971 bits per heavy atom. The van der Waals surface area contributed by atoms with Gasteiger partial charge >= 0.3 is 0 Å². The van der Waals surface area contributed by atoms with Crippen molar-refractivity contribution < 1.29 is 13.2 Å². The number of carbonyl (C=O) groups excluding carboxylic acids is 1. The van der Waals surface area contributed by atoms with Gasteiger partial charge in [-0.1, -0.05) is 56.0 Å². The summed E-state index contributed by atoms with van der Waals surface area (Å²) < 4.78 is 28.4. The Labute approximate surface area is 201 Å². The molecule has 1 saturated heterocycles. The molecule has 5 rings (SSSR count). The van der Waals surface area contributed by atoms with Gasteiger partial charge in [-0.25, -0.2) is 13.4 Å². The lowest BCUT2D eigenvalue weighted by Gasteiger charge is -2.32. The molecular weight excluding hydrogens is 448 g/mol. The van der Waals surface area contributed by atoms with Crippen molar-refractivity contribution in [3.8, 4) is 11.4 Å². The van der Waals surface area contributed by atoms with Gasteiger partial charge in [0.15, 0.2) is 0 Å². The van der Waals surface area contributed by atoms with Gasteiger partial charge in [0.05, 0.1) is 21.8 Å². The normalized spacial score (nSPS) is 20.8. The van der Waals surface area contributed by atoms with E-state index in [1.54, 1.807) is 18.2 Å². The molecule has 0 spiro atoms. The number of benzene rings is 2. The highest BCUT2D eigenvalue weighted by Crippen LogP contribution is 2.28. The number of hydrogen-bond donors (Lipinski definition) is 2. The van der Waals surface area contributed by atoms with Gasteiger partial charge in [0.1, 0.15) is 5.82 Å². The van der Waals surface area contributed by atoms with Crippen LogP contribution in [0.4, 0.5) is 0 Å². The molecule has 1 atom stereocenters. The minimum absolute atomic E-state index is 0.00308. The fourth-order valence-corrected chi connectivity index (χ4v) is 6.70. The van der Waals surface area contributed by atoms with Gasteiger partial charge in [0.2, 0.25) is 15.9 Å². The molecule has 180 valence electrons. The quantitative estimate of drug-likeness (QED) is 0.527. The number of hydrogen-bond acceptors (Lipinski definition) is 4. The average Bonchev–Trinajstić information content (AvgIpc) is 3.13. The average molecular weight is 481 g/mol. The van der Waals surface area contributed by atoms with Crippen molar-refractivity contribution in [1.29, 1.82) is 0 Å². The van der Waals surface area contributed by atoms with Crippen LogP contribution in [0.15, 0.2) is 53.4 Å². The maximum absolute atomic E-state index is 13.5. The zero-order valence-electron chi connectivity index (χ0n) is 19.4. The molecule has 0 unspecified atom stereocenters. The summed E-state index contributed by atoms with van der Waals surface area (Å²) in [5.41, 5.74) is 2.35. The molecule has 1 amide bonds. The second-order valence-electron chi connectivity index (χ2n) is 9.53. The number of fused-ring (bicyclic) bond motifs is 1. The largest absolute Gasteiger partial charge is 0.353 e. The maximum Gasteiger partial charge on any atom is 0.243 e. The van der Waals surface area contributed by atoms with Gasteiger partial charge in [-0.3, -0.25) is 4.79 Å². The molecule has 1 aliphatic heterocycles. The lowest BCUT2D eigenvalue weighted by molar-refractivity contribution is -0.126. The minimum atomic E-state index is -3.71. The molecule has 2 heterocycles. The highest BCUT2D eigenvalue weighted by molar-refractivity contribution is 7.89. The molecule has 1 aliphatic carbocycles. The third-order valence-corrected chi connectivity index (χ3v) is 8.96. The monoisotopic (exact) mass is 480 g/mol. The first kappa shape index (κ1) is 23.1. The Balaban J connectivity index is 1.31. The summed E-state index contributed by atoms with van der Waals surface area (Å²) in [6.45, 7) is 0.670. The molecule has 2 aromatic carbocycles. The third-order valence-electron chi connectivity index (χ3n) is 7.09. The first-order valence-electron chi connectivity index (χ1n) is 12.4. The number of rotatable bonds is 5. The van der Waals surface area contributed by atoms with Crippen LogP contribution in [0.1, 0.15) is 51.4 Å². The Morgan fingerprint density at radius 2 is 1.74 bits per heavy atom. The van der Waals surface area contributed by atoms with E-state index >= 15 is 0 Å². The van der Waals surface area contributed by atoms with E-state index < -0.39 is 10.0 Å². The van der Waals surface area contributed by atoms with Gasteiger partial charge in [-0.15, -0.1) is 0 Å². The molecule has 7 nitrogen and oxygen atoms in total. The Kier molecular flexibility index (Phi) is 6.70. The minimum Gasteiger partial charge on any atom is -0.353 e. The first-order valence-corrected chi connectivity index (χ1v) is 13.8. The topological polar surface area (TPSA) is 95.2 Å². The number of nitrogens with one attached hydrogen (secondary N) is 2. The van der Waals surface area contributed by atoms with E-state index in [4.69, 9.17) is 0 Å². The SMILES string of the molecule is O=C(NC1CCCCCC1)[C@@H]1CCCN(S(=O)(=O)c2ccc3nc(-c4ccccc4)[nH]c3c2)C1. The Bertz CT molecular complexity index is 1250. The fourth-order valence-electron chi connectivity index (χ4n) is 5.15. The highest BCUT2D eigenvalue weighted by Gasteiger charge is 2.34. The van der Waals surface area contributed by atoms with E-state index in [1.807, 2.05) is 30.3 Å². The summed E-state index contributed by atoms with van der Waals surface area (Å²) in [5.74, 6) is 0.411. The van der Waals surface area contributed by atoms with Crippen LogP contribution >= 0.6 is 0 Å². The third kappa shape index (κ3) is 4.88. The molecule has 2 N–H and O–H groups in total. The van der Waals surface area contributed by atoms with Crippen LogP contribution in [0, 0.1) is 5.92 Å². The summed E-state index contributed by atoms with van der Waals surface area (Å²) >= 11 is 0. The molecule has 8 heteroatoms. The van der Waals surface area contributed by atoms with E-state index in [0.29, 0.717) is 24.3 Å². The van der Waals surface area contributed by atoms with Crippen molar-refractivity contribution in [3.63, 3.8) is 0 Å².